The number of carbonyl (C=O) groups is 1. The van der Waals surface area contributed by atoms with Gasteiger partial charge in [-0.25, -0.2) is 5.01 Å². The maximum absolute atomic E-state index is 13.9. The van der Waals surface area contributed by atoms with Crippen molar-refractivity contribution in [1.29, 1.82) is 0 Å². The Kier molecular flexibility index (Phi) is 9.06. The van der Waals surface area contributed by atoms with Gasteiger partial charge in [-0.15, -0.1) is 0 Å². The number of hydrogen-bond acceptors (Lipinski definition) is 8. The first-order chi connectivity index (χ1) is 20.0. The molecule has 0 radical (unpaired) electrons. The average Bonchev–Trinajstić information content (AvgIpc) is 3.47. The van der Waals surface area contributed by atoms with Crippen LogP contribution in [0.5, 0.6) is 23.0 Å². The van der Waals surface area contributed by atoms with E-state index in [0.717, 1.165) is 49.6 Å². The summed E-state index contributed by atoms with van der Waals surface area (Å²) in [7, 11) is 6.51. The second-order valence-corrected chi connectivity index (χ2v) is 10.2. The lowest BCUT2D eigenvalue weighted by Crippen LogP contribution is -2.49. The van der Waals surface area contributed by atoms with Gasteiger partial charge < -0.3 is 18.9 Å². The predicted octanol–water partition coefficient (Wildman–Crippen LogP) is 4.22. The molecule has 3 aromatic rings. The minimum atomic E-state index is -0.353. The van der Waals surface area contributed by atoms with Crippen molar-refractivity contribution in [3.05, 3.63) is 83.4 Å². The number of benzene rings is 3. The summed E-state index contributed by atoms with van der Waals surface area (Å²) in [5, 5.41) is 6.51. The molecule has 2 aliphatic rings. The lowest BCUT2D eigenvalue weighted by atomic mass is 9.96. The highest BCUT2D eigenvalue weighted by atomic mass is 16.5. The third kappa shape index (κ3) is 6.47. The Balaban J connectivity index is 1.37. The fraction of sp³-hybridized carbons (Fsp3) is 0.375. The van der Waals surface area contributed by atoms with Crippen molar-refractivity contribution >= 4 is 11.6 Å². The molecule has 41 heavy (non-hydrogen) atoms. The topological polar surface area (TPSA) is 76.1 Å². The maximum Gasteiger partial charge on any atom is 0.257 e. The SMILES string of the molecule is COc1ccc(C2=NN(C(=O)CN3CCN(Cc4ccccc4)CC3)[C@@H](c3cc(OC)ccc3OC)C2)c(OC)c1. The first-order valence-corrected chi connectivity index (χ1v) is 13.9. The number of rotatable bonds is 10. The van der Waals surface area contributed by atoms with Crippen LogP contribution in [0.4, 0.5) is 0 Å². The van der Waals surface area contributed by atoms with Crippen LogP contribution < -0.4 is 18.9 Å². The van der Waals surface area contributed by atoms with E-state index in [9.17, 15) is 4.79 Å². The Morgan fingerprint density at radius 1 is 0.780 bits per heavy atom. The molecule has 0 bridgehead atoms. The molecule has 216 valence electrons. The maximum atomic E-state index is 13.9. The van der Waals surface area contributed by atoms with Crippen LogP contribution >= 0.6 is 0 Å². The van der Waals surface area contributed by atoms with Crippen LogP contribution in [0.15, 0.2) is 71.8 Å². The second kappa shape index (κ2) is 13.1. The number of amides is 1. The molecule has 1 amide bonds. The molecule has 1 saturated heterocycles. The van der Waals surface area contributed by atoms with Crippen molar-refractivity contribution in [1.82, 2.24) is 14.8 Å². The molecule has 1 atom stereocenters. The van der Waals surface area contributed by atoms with Crippen LogP contribution in [0.2, 0.25) is 0 Å². The van der Waals surface area contributed by atoms with Crippen molar-refractivity contribution in [2.24, 2.45) is 5.10 Å². The summed E-state index contributed by atoms with van der Waals surface area (Å²) in [5.41, 5.74) is 3.74. The van der Waals surface area contributed by atoms with Crippen molar-refractivity contribution in [3.8, 4) is 23.0 Å². The normalized spacial score (nSPS) is 17.7. The van der Waals surface area contributed by atoms with Gasteiger partial charge in [0.05, 0.1) is 46.7 Å². The van der Waals surface area contributed by atoms with Gasteiger partial charge in [0.15, 0.2) is 0 Å². The quantitative estimate of drug-likeness (QED) is 0.369. The van der Waals surface area contributed by atoms with Gasteiger partial charge in [0.2, 0.25) is 0 Å². The lowest BCUT2D eigenvalue weighted by molar-refractivity contribution is -0.134. The summed E-state index contributed by atoms with van der Waals surface area (Å²) in [6.07, 6.45) is 0.503. The monoisotopic (exact) mass is 558 g/mol. The van der Waals surface area contributed by atoms with Crippen molar-refractivity contribution in [2.75, 3.05) is 61.2 Å². The third-order valence-electron chi connectivity index (χ3n) is 7.75. The fourth-order valence-corrected chi connectivity index (χ4v) is 5.49. The second-order valence-electron chi connectivity index (χ2n) is 10.2. The van der Waals surface area contributed by atoms with E-state index in [2.05, 4.69) is 34.1 Å². The molecular formula is C32H38N4O5. The van der Waals surface area contributed by atoms with Crippen LogP contribution in [0.25, 0.3) is 0 Å². The Labute approximate surface area is 241 Å². The molecule has 2 aliphatic heterocycles. The first kappa shape index (κ1) is 28.4. The zero-order valence-corrected chi connectivity index (χ0v) is 24.2. The number of piperazine rings is 1. The van der Waals surface area contributed by atoms with Crippen LogP contribution in [-0.2, 0) is 11.3 Å². The zero-order valence-electron chi connectivity index (χ0n) is 24.2. The summed E-state index contributed by atoms with van der Waals surface area (Å²) in [4.78, 5) is 18.5. The minimum absolute atomic E-state index is 0.0566. The first-order valence-electron chi connectivity index (χ1n) is 13.9. The lowest BCUT2D eigenvalue weighted by Gasteiger charge is -2.35. The van der Waals surface area contributed by atoms with E-state index >= 15 is 0 Å². The van der Waals surface area contributed by atoms with Crippen molar-refractivity contribution in [2.45, 2.75) is 19.0 Å². The zero-order chi connectivity index (χ0) is 28.8. The van der Waals surface area contributed by atoms with E-state index in [1.807, 2.05) is 42.5 Å². The van der Waals surface area contributed by atoms with Gasteiger partial charge in [-0.2, -0.15) is 5.10 Å². The van der Waals surface area contributed by atoms with E-state index in [4.69, 9.17) is 24.0 Å². The van der Waals surface area contributed by atoms with Gasteiger partial charge in [0, 0.05) is 56.3 Å². The highest BCUT2D eigenvalue weighted by molar-refractivity contribution is 6.05. The van der Waals surface area contributed by atoms with E-state index in [1.165, 1.54) is 5.56 Å². The van der Waals surface area contributed by atoms with Gasteiger partial charge in [0.1, 0.15) is 23.0 Å². The molecular weight excluding hydrogens is 520 g/mol. The Morgan fingerprint density at radius 3 is 2.12 bits per heavy atom. The molecule has 0 spiro atoms. The van der Waals surface area contributed by atoms with Gasteiger partial charge in [0.25, 0.3) is 5.91 Å². The van der Waals surface area contributed by atoms with Crippen molar-refractivity contribution < 1.29 is 23.7 Å². The number of carbonyl (C=O) groups excluding carboxylic acids is 1. The number of hydrazone groups is 1. The summed E-state index contributed by atoms with van der Waals surface area (Å²) < 4.78 is 22.3. The number of hydrogen-bond donors (Lipinski definition) is 0. The van der Waals surface area contributed by atoms with Gasteiger partial charge >= 0.3 is 0 Å². The molecule has 9 heteroatoms. The molecule has 3 aromatic carbocycles. The molecule has 1 fully saturated rings. The molecule has 0 aromatic heterocycles. The molecule has 5 rings (SSSR count). The molecule has 0 aliphatic carbocycles. The average molecular weight is 559 g/mol. The highest BCUT2D eigenvalue weighted by Crippen LogP contribution is 2.41. The van der Waals surface area contributed by atoms with Gasteiger partial charge in [-0.3, -0.25) is 14.6 Å². The van der Waals surface area contributed by atoms with E-state index in [0.29, 0.717) is 36.0 Å². The molecule has 0 unspecified atom stereocenters. The molecule has 2 heterocycles. The standard InChI is InChI=1S/C32H38N4O5/c1-38-24-11-13-30(40-3)27(18-24)29-20-28(26-12-10-25(39-2)19-31(26)41-4)33-36(29)32(37)22-35-16-14-34(15-17-35)21-23-8-6-5-7-9-23/h5-13,18-19,29H,14-17,20-22H2,1-4H3/t29-/m1/s1. The smallest absolute Gasteiger partial charge is 0.257 e. The van der Waals surface area contributed by atoms with E-state index in [1.54, 1.807) is 33.4 Å². The largest absolute Gasteiger partial charge is 0.497 e. The summed E-state index contributed by atoms with van der Waals surface area (Å²) >= 11 is 0. The van der Waals surface area contributed by atoms with Crippen LogP contribution in [0.3, 0.4) is 0 Å². The Morgan fingerprint density at radius 2 is 1.44 bits per heavy atom. The van der Waals surface area contributed by atoms with Crippen LogP contribution in [0.1, 0.15) is 29.2 Å². The van der Waals surface area contributed by atoms with Crippen LogP contribution in [-0.4, -0.2) is 87.6 Å². The minimum Gasteiger partial charge on any atom is -0.497 e. The van der Waals surface area contributed by atoms with E-state index < -0.39 is 0 Å². The number of nitrogens with zero attached hydrogens (tertiary/aromatic N) is 4. The van der Waals surface area contributed by atoms with Crippen LogP contribution in [0, 0.1) is 0 Å². The number of methoxy groups -OCH3 is 4. The highest BCUT2D eigenvalue weighted by Gasteiger charge is 2.37. The molecule has 9 nitrogen and oxygen atoms in total. The Hall–Kier alpha value is -4.08. The Bertz CT molecular complexity index is 1370. The summed E-state index contributed by atoms with van der Waals surface area (Å²) in [6.45, 7) is 4.67. The van der Waals surface area contributed by atoms with Gasteiger partial charge in [-0.1, -0.05) is 30.3 Å². The molecule has 0 N–H and O–H groups in total. The predicted molar refractivity (Wildman–Crippen MR) is 158 cm³/mol. The van der Waals surface area contributed by atoms with Crippen molar-refractivity contribution in [3.63, 3.8) is 0 Å². The fourth-order valence-electron chi connectivity index (χ4n) is 5.49. The van der Waals surface area contributed by atoms with E-state index in [-0.39, 0.29) is 11.9 Å². The summed E-state index contributed by atoms with van der Waals surface area (Å²) in [5.74, 6) is 2.65. The molecule has 0 saturated carbocycles. The summed E-state index contributed by atoms with van der Waals surface area (Å²) in [6, 6.07) is 21.4. The third-order valence-corrected chi connectivity index (χ3v) is 7.75. The number of ether oxygens (including phenoxy) is 4. The van der Waals surface area contributed by atoms with Gasteiger partial charge in [-0.05, 0) is 35.9 Å².